The fraction of sp³-hybridized carbons (Fsp3) is 0.474. The monoisotopic (exact) mass is 316 g/mol. The Balaban J connectivity index is 2.28. The number of rotatable bonds is 7. The van der Waals surface area contributed by atoms with Crippen molar-refractivity contribution in [3.8, 4) is 0 Å². The molecular weight excluding hydrogens is 292 g/mol. The molecule has 1 aromatic carbocycles. The van der Waals surface area contributed by atoms with Gasteiger partial charge in [0.1, 0.15) is 0 Å². The second-order valence-corrected chi connectivity index (χ2v) is 5.62. The maximum absolute atomic E-state index is 12.5. The molecule has 1 aromatic rings. The van der Waals surface area contributed by atoms with Crippen LogP contribution in [0.5, 0.6) is 0 Å². The molecule has 0 aromatic heterocycles. The summed E-state index contributed by atoms with van der Waals surface area (Å²) in [6.07, 6.45) is 4.62. The first-order chi connectivity index (χ1) is 11.1. The fourth-order valence-corrected chi connectivity index (χ4v) is 3.29. The quantitative estimate of drug-likeness (QED) is 0.571. The number of esters is 2. The van der Waals surface area contributed by atoms with Crippen molar-refractivity contribution in [2.24, 2.45) is 17.3 Å². The lowest BCUT2D eigenvalue weighted by Gasteiger charge is -2.14. The molecule has 0 spiro atoms. The van der Waals surface area contributed by atoms with Crippen LogP contribution in [-0.4, -0.2) is 25.2 Å². The average molecular weight is 316 g/mol. The minimum atomic E-state index is -1.17. The number of benzene rings is 1. The lowest BCUT2D eigenvalue weighted by molar-refractivity contribution is -0.165. The Morgan fingerprint density at radius 3 is 2.09 bits per heavy atom. The molecule has 23 heavy (non-hydrogen) atoms. The lowest BCUT2D eigenvalue weighted by Crippen LogP contribution is -2.33. The molecule has 0 unspecified atom stereocenters. The van der Waals surface area contributed by atoms with Gasteiger partial charge in [0.2, 0.25) is 0 Å². The molecule has 0 N–H and O–H groups in total. The van der Waals surface area contributed by atoms with Crippen molar-refractivity contribution in [1.82, 2.24) is 0 Å². The van der Waals surface area contributed by atoms with Crippen LogP contribution in [0.1, 0.15) is 32.8 Å². The van der Waals surface area contributed by atoms with E-state index >= 15 is 0 Å². The van der Waals surface area contributed by atoms with E-state index in [0.29, 0.717) is 0 Å². The van der Waals surface area contributed by atoms with Crippen LogP contribution >= 0.6 is 0 Å². The van der Waals surface area contributed by atoms with Crippen molar-refractivity contribution < 1.29 is 19.1 Å². The molecule has 0 heterocycles. The minimum absolute atomic E-state index is 0.0689. The smallest absolute Gasteiger partial charge is 0.324 e. The topological polar surface area (TPSA) is 52.6 Å². The van der Waals surface area contributed by atoms with E-state index in [-0.39, 0.29) is 25.0 Å². The number of hydrogen-bond acceptors (Lipinski definition) is 4. The molecule has 1 aliphatic rings. The first-order valence-electron chi connectivity index (χ1n) is 8.20. The van der Waals surface area contributed by atoms with Crippen LogP contribution in [0, 0.1) is 17.3 Å². The van der Waals surface area contributed by atoms with Gasteiger partial charge in [-0.2, -0.15) is 0 Å². The lowest BCUT2D eigenvalue weighted by atomic mass is 10.0. The molecule has 124 valence electrons. The van der Waals surface area contributed by atoms with Gasteiger partial charge in [-0.1, -0.05) is 55.8 Å². The van der Waals surface area contributed by atoms with Gasteiger partial charge in [0.05, 0.1) is 13.2 Å². The number of carbonyl (C=O) groups is 2. The van der Waals surface area contributed by atoms with Gasteiger partial charge in [-0.25, -0.2) is 0 Å². The van der Waals surface area contributed by atoms with E-state index in [1.165, 1.54) is 0 Å². The van der Waals surface area contributed by atoms with Gasteiger partial charge in [-0.3, -0.25) is 9.59 Å². The van der Waals surface area contributed by atoms with Crippen molar-refractivity contribution in [2.45, 2.75) is 27.2 Å². The molecule has 0 aliphatic heterocycles. The van der Waals surface area contributed by atoms with Crippen molar-refractivity contribution in [3.05, 3.63) is 42.0 Å². The van der Waals surface area contributed by atoms with E-state index in [2.05, 4.69) is 0 Å². The Labute approximate surface area is 137 Å². The molecule has 1 saturated carbocycles. The zero-order valence-electron chi connectivity index (χ0n) is 14.0. The first kappa shape index (κ1) is 17.3. The molecular formula is C19H24O4. The molecule has 1 aliphatic carbocycles. The molecule has 4 nitrogen and oxygen atoms in total. The molecule has 2 atom stereocenters. The first-order valence-corrected chi connectivity index (χ1v) is 8.20. The van der Waals surface area contributed by atoms with Crippen LogP contribution in [0.25, 0.3) is 6.08 Å². The number of hydrogen-bond donors (Lipinski definition) is 0. The summed E-state index contributed by atoms with van der Waals surface area (Å²) in [7, 11) is 0. The highest BCUT2D eigenvalue weighted by molar-refractivity contribution is 6.05. The second kappa shape index (κ2) is 7.44. The summed E-state index contributed by atoms with van der Waals surface area (Å²) in [5.41, 5.74) is -0.137. The van der Waals surface area contributed by atoms with Gasteiger partial charge < -0.3 is 9.47 Å². The predicted octanol–water partition coefficient (Wildman–Crippen LogP) is 3.47. The van der Waals surface area contributed by atoms with E-state index in [4.69, 9.17) is 9.47 Å². The fourth-order valence-electron chi connectivity index (χ4n) is 3.29. The van der Waals surface area contributed by atoms with Crippen LogP contribution in [0.15, 0.2) is 36.4 Å². The van der Waals surface area contributed by atoms with Crippen LogP contribution in [-0.2, 0) is 19.1 Å². The van der Waals surface area contributed by atoms with E-state index in [9.17, 15) is 9.59 Å². The highest BCUT2D eigenvalue weighted by Crippen LogP contribution is 2.63. The third-order valence-electron chi connectivity index (χ3n) is 4.40. The van der Waals surface area contributed by atoms with Crippen LogP contribution in [0.3, 0.4) is 0 Å². The van der Waals surface area contributed by atoms with Crippen LogP contribution in [0.2, 0.25) is 0 Å². The summed E-state index contributed by atoms with van der Waals surface area (Å²) in [6.45, 7) is 5.98. The zero-order valence-corrected chi connectivity index (χ0v) is 14.0. The molecule has 0 amide bonds. The largest absolute Gasteiger partial charge is 0.465 e. The van der Waals surface area contributed by atoms with Crippen molar-refractivity contribution in [3.63, 3.8) is 0 Å². The Morgan fingerprint density at radius 1 is 1.04 bits per heavy atom. The standard InChI is InChI=1S/C19H24O4/c1-4-15-16(13-12-14-10-8-7-9-11-14)19(15,17(20)22-5-2)18(21)23-6-3/h7-13,15-16H,4-6H2,1-3H3/b13-12+/t15-,16-/m1/s1. The summed E-state index contributed by atoms with van der Waals surface area (Å²) in [4.78, 5) is 25.0. The Hall–Kier alpha value is -2.10. The molecule has 0 bridgehead atoms. The summed E-state index contributed by atoms with van der Waals surface area (Å²) in [5.74, 6) is -1.17. The average Bonchev–Trinajstić information content (AvgIpc) is 3.23. The number of carbonyl (C=O) groups excluding carboxylic acids is 2. The molecule has 0 radical (unpaired) electrons. The van der Waals surface area contributed by atoms with Crippen molar-refractivity contribution in [1.29, 1.82) is 0 Å². The highest BCUT2D eigenvalue weighted by atomic mass is 16.6. The summed E-state index contributed by atoms with van der Waals surface area (Å²) >= 11 is 0. The van der Waals surface area contributed by atoms with E-state index in [1.807, 2.05) is 49.4 Å². The van der Waals surface area contributed by atoms with Crippen LogP contribution in [0.4, 0.5) is 0 Å². The second-order valence-electron chi connectivity index (χ2n) is 5.62. The van der Waals surface area contributed by atoms with Gasteiger partial charge >= 0.3 is 11.9 Å². The predicted molar refractivity (Wildman–Crippen MR) is 88.4 cm³/mol. The maximum Gasteiger partial charge on any atom is 0.324 e. The van der Waals surface area contributed by atoms with E-state index in [0.717, 1.165) is 12.0 Å². The minimum Gasteiger partial charge on any atom is -0.465 e. The molecule has 0 saturated heterocycles. The van der Waals surface area contributed by atoms with Gasteiger partial charge in [0.15, 0.2) is 5.41 Å². The van der Waals surface area contributed by atoms with Crippen molar-refractivity contribution >= 4 is 18.0 Å². The maximum atomic E-state index is 12.5. The highest BCUT2D eigenvalue weighted by Gasteiger charge is 2.74. The Kier molecular flexibility index (Phi) is 5.59. The van der Waals surface area contributed by atoms with Crippen molar-refractivity contribution in [2.75, 3.05) is 13.2 Å². The molecule has 4 heteroatoms. The van der Waals surface area contributed by atoms with Crippen LogP contribution < -0.4 is 0 Å². The third-order valence-corrected chi connectivity index (χ3v) is 4.40. The summed E-state index contributed by atoms with van der Waals surface area (Å²) < 4.78 is 10.4. The Morgan fingerprint density at radius 2 is 1.61 bits per heavy atom. The normalized spacial score (nSPS) is 21.9. The Bertz CT molecular complexity index is 558. The van der Waals surface area contributed by atoms with E-state index in [1.54, 1.807) is 13.8 Å². The number of ether oxygens (including phenoxy) is 2. The zero-order chi connectivity index (χ0) is 16.9. The van der Waals surface area contributed by atoms with Gasteiger partial charge in [0, 0.05) is 5.92 Å². The molecule has 1 fully saturated rings. The summed E-state index contributed by atoms with van der Waals surface area (Å²) in [5, 5.41) is 0. The van der Waals surface area contributed by atoms with Gasteiger partial charge in [-0.15, -0.1) is 0 Å². The number of allylic oxidation sites excluding steroid dienone is 1. The van der Waals surface area contributed by atoms with Gasteiger partial charge in [0.25, 0.3) is 0 Å². The van der Waals surface area contributed by atoms with E-state index < -0.39 is 17.4 Å². The molecule has 2 rings (SSSR count). The third kappa shape index (κ3) is 3.16. The van der Waals surface area contributed by atoms with Gasteiger partial charge in [-0.05, 0) is 25.3 Å². The SMILES string of the molecule is CCOC(=O)C1(C(=O)OCC)[C@H](/C=C/c2ccccc2)[C@H]1CC. The summed E-state index contributed by atoms with van der Waals surface area (Å²) in [6, 6.07) is 9.82.